The number of rotatable bonds is 6. The van der Waals surface area contributed by atoms with Crippen molar-refractivity contribution in [2.75, 3.05) is 19.6 Å². The third-order valence-corrected chi connectivity index (χ3v) is 4.65. The van der Waals surface area contributed by atoms with Gasteiger partial charge in [-0.3, -0.25) is 4.90 Å². The summed E-state index contributed by atoms with van der Waals surface area (Å²) in [7, 11) is 0. The zero-order valence-electron chi connectivity index (χ0n) is 11.7. The molecule has 1 aliphatic heterocycles. The zero-order valence-corrected chi connectivity index (χ0v) is 12.5. The van der Waals surface area contributed by atoms with E-state index in [1.54, 1.807) is 12.1 Å². The van der Waals surface area contributed by atoms with Gasteiger partial charge in [0.15, 0.2) is 0 Å². The molecule has 1 aromatic carbocycles. The van der Waals surface area contributed by atoms with E-state index in [0.29, 0.717) is 23.2 Å². The SMILES string of the molecule is Fc1cccc(Cl)c1CN(CC1CC1)CC1CCCN1. The Labute approximate surface area is 125 Å². The van der Waals surface area contributed by atoms with Crippen molar-refractivity contribution < 1.29 is 4.39 Å². The lowest BCUT2D eigenvalue weighted by atomic mass is 10.1. The Hall–Kier alpha value is -0.640. The van der Waals surface area contributed by atoms with Crippen molar-refractivity contribution in [2.45, 2.75) is 38.3 Å². The molecule has 0 radical (unpaired) electrons. The first-order valence-electron chi connectivity index (χ1n) is 7.61. The van der Waals surface area contributed by atoms with Crippen LogP contribution in [0.3, 0.4) is 0 Å². The lowest BCUT2D eigenvalue weighted by Crippen LogP contribution is -2.38. The summed E-state index contributed by atoms with van der Waals surface area (Å²) in [5, 5.41) is 4.07. The summed E-state index contributed by atoms with van der Waals surface area (Å²) in [6.07, 6.45) is 5.12. The Morgan fingerprint density at radius 3 is 2.75 bits per heavy atom. The molecule has 0 aromatic heterocycles. The van der Waals surface area contributed by atoms with Gasteiger partial charge >= 0.3 is 0 Å². The van der Waals surface area contributed by atoms with Crippen LogP contribution in [0.4, 0.5) is 4.39 Å². The van der Waals surface area contributed by atoms with E-state index in [-0.39, 0.29) is 5.82 Å². The minimum atomic E-state index is -0.183. The van der Waals surface area contributed by atoms with Gasteiger partial charge in [-0.15, -0.1) is 0 Å². The van der Waals surface area contributed by atoms with Crippen LogP contribution in [0.15, 0.2) is 18.2 Å². The molecule has 1 N–H and O–H groups in total. The van der Waals surface area contributed by atoms with E-state index in [9.17, 15) is 4.39 Å². The maximum atomic E-state index is 14.0. The van der Waals surface area contributed by atoms with Crippen LogP contribution in [0.5, 0.6) is 0 Å². The molecule has 1 atom stereocenters. The van der Waals surface area contributed by atoms with Crippen molar-refractivity contribution in [1.82, 2.24) is 10.2 Å². The zero-order chi connectivity index (χ0) is 13.9. The number of nitrogens with one attached hydrogen (secondary N) is 1. The lowest BCUT2D eigenvalue weighted by Gasteiger charge is -2.26. The average molecular weight is 297 g/mol. The fourth-order valence-corrected chi connectivity index (χ4v) is 3.22. The Kier molecular flexibility index (Phi) is 4.59. The number of benzene rings is 1. The summed E-state index contributed by atoms with van der Waals surface area (Å²) in [6, 6.07) is 5.51. The van der Waals surface area contributed by atoms with Gasteiger partial charge in [-0.05, 0) is 50.3 Å². The highest BCUT2D eigenvalue weighted by molar-refractivity contribution is 6.31. The van der Waals surface area contributed by atoms with Crippen LogP contribution < -0.4 is 5.32 Å². The van der Waals surface area contributed by atoms with Gasteiger partial charge in [0.2, 0.25) is 0 Å². The Morgan fingerprint density at radius 2 is 2.10 bits per heavy atom. The molecule has 1 aromatic rings. The molecule has 2 fully saturated rings. The molecule has 1 saturated carbocycles. The molecule has 0 spiro atoms. The lowest BCUT2D eigenvalue weighted by molar-refractivity contribution is 0.229. The first-order valence-corrected chi connectivity index (χ1v) is 7.99. The van der Waals surface area contributed by atoms with Gasteiger partial charge < -0.3 is 5.32 Å². The number of hydrogen-bond donors (Lipinski definition) is 1. The van der Waals surface area contributed by atoms with Crippen LogP contribution in [-0.2, 0) is 6.54 Å². The monoisotopic (exact) mass is 296 g/mol. The van der Waals surface area contributed by atoms with Crippen LogP contribution in [0.2, 0.25) is 5.02 Å². The van der Waals surface area contributed by atoms with Crippen LogP contribution in [0.1, 0.15) is 31.2 Å². The number of halogens is 2. The second kappa shape index (κ2) is 6.42. The molecule has 4 heteroatoms. The molecule has 0 bridgehead atoms. The van der Waals surface area contributed by atoms with Crippen molar-refractivity contribution in [3.63, 3.8) is 0 Å². The Morgan fingerprint density at radius 1 is 1.25 bits per heavy atom. The van der Waals surface area contributed by atoms with Crippen LogP contribution in [0.25, 0.3) is 0 Å². The summed E-state index contributed by atoms with van der Waals surface area (Å²) < 4.78 is 14.0. The number of hydrogen-bond acceptors (Lipinski definition) is 2. The van der Waals surface area contributed by atoms with Gasteiger partial charge in [-0.25, -0.2) is 4.39 Å². The van der Waals surface area contributed by atoms with Crippen molar-refractivity contribution in [3.05, 3.63) is 34.6 Å². The second-order valence-electron chi connectivity index (χ2n) is 6.13. The second-order valence-corrected chi connectivity index (χ2v) is 6.54. The third kappa shape index (κ3) is 3.72. The van der Waals surface area contributed by atoms with Gasteiger partial charge in [0.25, 0.3) is 0 Å². The first-order chi connectivity index (χ1) is 9.72. The fraction of sp³-hybridized carbons (Fsp3) is 0.625. The van der Waals surface area contributed by atoms with E-state index >= 15 is 0 Å². The minimum Gasteiger partial charge on any atom is -0.313 e. The molecule has 1 aliphatic carbocycles. The normalized spacial score (nSPS) is 22.6. The highest BCUT2D eigenvalue weighted by Gasteiger charge is 2.27. The maximum absolute atomic E-state index is 14.0. The van der Waals surface area contributed by atoms with E-state index < -0.39 is 0 Å². The van der Waals surface area contributed by atoms with Gasteiger partial charge in [0.05, 0.1) is 0 Å². The van der Waals surface area contributed by atoms with E-state index in [1.165, 1.54) is 31.7 Å². The van der Waals surface area contributed by atoms with Crippen molar-refractivity contribution in [1.29, 1.82) is 0 Å². The van der Waals surface area contributed by atoms with Crippen LogP contribution >= 0.6 is 11.6 Å². The topological polar surface area (TPSA) is 15.3 Å². The molecule has 1 heterocycles. The van der Waals surface area contributed by atoms with Gasteiger partial charge in [0, 0.05) is 36.3 Å². The smallest absolute Gasteiger partial charge is 0.129 e. The average Bonchev–Trinajstić information content (AvgIpc) is 3.08. The summed E-state index contributed by atoms with van der Waals surface area (Å²) in [5.41, 5.74) is 0.646. The summed E-state index contributed by atoms with van der Waals surface area (Å²) >= 11 is 6.16. The van der Waals surface area contributed by atoms with E-state index in [2.05, 4.69) is 10.2 Å². The third-order valence-electron chi connectivity index (χ3n) is 4.30. The van der Waals surface area contributed by atoms with E-state index in [1.807, 2.05) is 0 Å². The van der Waals surface area contributed by atoms with Gasteiger partial charge in [-0.2, -0.15) is 0 Å². The molecule has 2 nitrogen and oxygen atoms in total. The van der Waals surface area contributed by atoms with E-state index in [4.69, 9.17) is 11.6 Å². The van der Waals surface area contributed by atoms with Crippen molar-refractivity contribution >= 4 is 11.6 Å². The molecule has 1 unspecified atom stereocenters. The van der Waals surface area contributed by atoms with Crippen LogP contribution in [0, 0.1) is 11.7 Å². The molecule has 0 amide bonds. The molecular weight excluding hydrogens is 275 g/mol. The summed E-state index contributed by atoms with van der Waals surface area (Å²) in [4.78, 5) is 2.38. The molecule has 2 aliphatic rings. The van der Waals surface area contributed by atoms with Crippen LogP contribution in [-0.4, -0.2) is 30.6 Å². The first kappa shape index (κ1) is 14.3. The minimum absolute atomic E-state index is 0.183. The van der Waals surface area contributed by atoms with Gasteiger partial charge in [0.1, 0.15) is 5.82 Å². The van der Waals surface area contributed by atoms with Crippen molar-refractivity contribution in [2.24, 2.45) is 5.92 Å². The summed E-state index contributed by atoms with van der Waals surface area (Å²) in [5.74, 6) is 0.625. The quantitative estimate of drug-likeness (QED) is 0.865. The molecule has 1 saturated heterocycles. The van der Waals surface area contributed by atoms with Gasteiger partial charge in [-0.1, -0.05) is 17.7 Å². The molecule has 3 rings (SSSR count). The Balaban J connectivity index is 1.67. The maximum Gasteiger partial charge on any atom is 0.129 e. The fourth-order valence-electron chi connectivity index (χ4n) is 3.00. The molecule has 110 valence electrons. The molecule has 20 heavy (non-hydrogen) atoms. The predicted octanol–water partition coefficient (Wildman–Crippen LogP) is 3.44. The van der Waals surface area contributed by atoms with E-state index in [0.717, 1.165) is 25.6 Å². The number of nitrogens with zero attached hydrogens (tertiary/aromatic N) is 1. The standard InChI is InChI=1S/C16H22ClFN2/c17-15-4-1-5-16(18)14(15)11-20(9-12-6-7-12)10-13-3-2-8-19-13/h1,4-5,12-13,19H,2-3,6-11H2. The van der Waals surface area contributed by atoms with Crippen molar-refractivity contribution in [3.8, 4) is 0 Å². The summed E-state index contributed by atoms with van der Waals surface area (Å²) in [6.45, 7) is 3.81. The highest BCUT2D eigenvalue weighted by Crippen LogP contribution is 2.31. The molecular formula is C16H22ClFN2. The predicted molar refractivity (Wildman–Crippen MR) is 80.4 cm³/mol. The highest BCUT2D eigenvalue weighted by atomic mass is 35.5. The Bertz CT molecular complexity index is 436. The largest absolute Gasteiger partial charge is 0.313 e.